The largest absolute Gasteiger partial charge is 0.466 e. The van der Waals surface area contributed by atoms with Crippen molar-refractivity contribution in [1.82, 2.24) is 5.32 Å². The van der Waals surface area contributed by atoms with Gasteiger partial charge in [-0.2, -0.15) is 0 Å². The van der Waals surface area contributed by atoms with Gasteiger partial charge in [-0.25, -0.2) is 8.78 Å². The summed E-state index contributed by atoms with van der Waals surface area (Å²) in [5, 5.41) is 2.28. The number of carbonyl (C=O) groups excluding carboxylic acids is 2. The Kier molecular flexibility index (Phi) is 5.23. The molecule has 1 aromatic rings. The van der Waals surface area contributed by atoms with Gasteiger partial charge >= 0.3 is 5.97 Å². The van der Waals surface area contributed by atoms with Crippen LogP contribution in [0.2, 0.25) is 0 Å². The van der Waals surface area contributed by atoms with E-state index in [4.69, 9.17) is 5.73 Å². The number of nitrogens with two attached hydrogens (primary N) is 1. The van der Waals surface area contributed by atoms with E-state index in [9.17, 15) is 18.4 Å². The predicted molar refractivity (Wildman–Crippen MR) is 64.4 cm³/mol. The molecule has 3 N–H and O–H groups in total. The van der Waals surface area contributed by atoms with Crippen LogP contribution in [-0.2, 0) is 9.53 Å². The molecule has 0 bridgehead atoms. The Bertz CT molecular complexity index is 492. The van der Waals surface area contributed by atoms with Gasteiger partial charge in [-0.05, 0) is 19.1 Å². The fraction of sp³-hybridized carbons (Fsp3) is 0.333. The number of halogens is 2. The van der Waals surface area contributed by atoms with Crippen molar-refractivity contribution in [2.24, 2.45) is 0 Å². The Hall–Kier alpha value is -2.18. The normalized spacial score (nSPS) is 10.1. The van der Waals surface area contributed by atoms with Crippen LogP contribution in [0.5, 0.6) is 0 Å². The maximum absolute atomic E-state index is 13.5. The average molecular weight is 272 g/mol. The number of amides is 1. The molecule has 0 aliphatic rings. The predicted octanol–water partition coefficient (Wildman–Crippen LogP) is 1.23. The first-order valence-electron chi connectivity index (χ1n) is 5.64. The van der Waals surface area contributed by atoms with E-state index in [0.717, 1.165) is 12.1 Å². The lowest BCUT2D eigenvalue weighted by atomic mass is 10.1. The van der Waals surface area contributed by atoms with Crippen LogP contribution in [0, 0.1) is 11.6 Å². The van der Waals surface area contributed by atoms with Crippen molar-refractivity contribution in [3.63, 3.8) is 0 Å². The molecule has 0 atom stereocenters. The quantitative estimate of drug-likeness (QED) is 0.624. The molecule has 1 amide bonds. The highest BCUT2D eigenvalue weighted by molar-refractivity contribution is 5.95. The summed E-state index contributed by atoms with van der Waals surface area (Å²) in [7, 11) is 0. The van der Waals surface area contributed by atoms with Gasteiger partial charge in [-0.15, -0.1) is 0 Å². The van der Waals surface area contributed by atoms with Crippen LogP contribution < -0.4 is 11.1 Å². The lowest BCUT2D eigenvalue weighted by molar-refractivity contribution is -0.142. The van der Waals surface area contributed by atoms with Crippen LogP contribution in [0.1, 0.15) is 23.7 Å². The molecule has 104 valence electrons. The second kappa shape index (κ2) is 6.67. The molecule has 0 unspecified atom stereocenters. The molecule has 0 aromatic heterocycles. The van der Waals surface area contributed by atoms with E-state index >= 15 is 0 Å². The molecule has 0 radical (unpaired) electrons. The fourth-order valence-corrected chi connectivity index (χ4v) is 1.38. The molecule has 1 rings (SSSR count). The number of esters is 1. The third kappa shape index (κ3) is 4.20. The minimum absolute atomic E-state index is 0.0342. The average Bonchev–Trinajstić information content (AvgIpc) is 2.33. The standard InChI is InChI=1S/C12H14F2N2O3/c1-2-19-10(17)3-4-16-12(18)8-5-7(13)6-9(15)11(8)14/h5-6H,2-4,15H2,1H3,(H,16,18). The van der Waals surface area contributed by atoms with Crippen LogP contribution in [-0.4, -0.2) is 25.0 Å². The van der Waals surface area contributed by atoms with E-state index in [-0.39, 0.29) is 19.6 Å². The number of rotatable bonds is 5. The first kappa shape index (κ1) is 14.9. The molecule has 0 heterocycles. The van der Waals surface area contributed by atoms with Crippen molar-refractivity contribution in [3.05, 3.63) is 29.3 Å². The Morgan fingerprint density at radius 1 is 1.37 bits per heavy atom. The molecule has 5 nitrogen and oxygen atoms in total. The zero-order valence-electron chi connectivity index (χ0n) is 10.3. The van der Waals surface area contributed by atoms with Gasteiger partial charge < -0.3 is 15.8 Å². The van der Waals surface area contributed by atoms with Gasteiger partial charge in [0.25, 0.3) is 5.91 Å². The minimum atomic E-state index is -0.991. The molecule has 0 aliphatic heterocycles. The zero-order valence-corrected chi connectivity index (χ0v) is 10.3. The molecule has 1 aromatic carbocycles. The van der Waals surface area contributed by atoms with E-state index in [1.807, 2.05) is 0 Å². The molecular weight excluding hydrogens is 258 g/mol. The summed E-state index contributed by atoms with van der Waals surface area (Å²) in [5.74, 6) is -3.13. The first-order chi connectivity index (χ1) is 8.95. The van der Waals surface area contributed by atoms with Crippen molar-refractivity contribution < 1.29 is 23.1 Å². The lowest BCUT2D eigenvalue weighted by Gasteiger charge is -2.07. The number of carbonyl (C=O) groups is 2. The topological polar surface area (TPSA) is 81.4 Å². The van der Waals surface area contributed by atoms with Gasteiger partial charge in [-0.1, -0.05) is 0 Å². The summed E-state index contributed by atoms with van der Waals surface area (Å²) < 4.78 is 31.2. The van der Waals surface area contributed by atoms with E-state index in [1.165, 1.54) is 0 Å². The number of hydrogen-bond donors (Lipinski definition) is 2. The molecular formula is C12H14F2N2O3. The van der Waals surface area contributed by atoms with Gasteiger partial charge in [0.1, 0.15) is 5.82 Å². The lowest BCUT2D eigenvalue weighted by Crippen LogP contribution is -2.27. The number of ether oxygens (including phenoxy) is 1. The second-order valence-corrected chi connectivity index (χ2v) is 3.67. The summed E-state index contributed by atoms with van der Waals surface area (Å²) in [6.45, 7) is 1.86. The molecule has 19 heavy (non-hydrogen) atoms. The highest BCUT2D eigenvalue weighted by Crippen LogP contribution is 2.17. The molecule has 0 fully saturated rings. The van der Waals surface area contributed by atoms with Crippen LogP contribution in [0.15, 0.2) is 12.1 Å². The van der Waals surface area contributed by atoms with Crippen molar-refractivity contribution in [2.75, 3.05) is 18.9 Å². The van der Waals surface area contributed by atoms with E-state index < -0.39 is 34.8 Å². The maximum atomic E-state index is 13.5. The first-order valence-corrected chi connectivity index (χ1v) is 5.64. The second-order valence-electron chi connectivity index (χ2n) is 3.67. The summed E-state index contributed by atoms with van der Waals surface area (Å²) >= 11 is 0. The summed E-state index contributed by atoms with van der Waals surface area (Å²) in [4.78, 5) is 22.6. The fourth-order valence-electron chi connectivity index (χ4n) is 1.38. The number of anilines is 1. The number of nitrogens with one attached hydrogen (secondary N) is 1. The molecule has 0 aliphatic carbocycles. The van der Waals surface area contributed by atoms with Crippen LogP contribution >= 0.6 is 0 Å². The third-order valence-electron chi connectivity index (χ3n) is 2.23. The number of nitrogen functional groups attached to an aromatic ring is 1. The number of benzene rings is 1. The highest BCUT2D eigenvalue weighted by atomic mass is 19.1. The summed E-state index contributed by atoms with van der Waals surface area (Å²) in [6.07, 6.45) is -0.0496. The third-order valence-corrected chi connectivity index (χ3v) is 2.23. The van der Waals surface area contributed by atoms with E-state index in [0.29, 0.717) is 0 Å². The maximum Gasteiger partial charge on any atom is 0.307 e. The summed E-state index contributed by atoms with van der Waals surface area (Å²) in [6, 6.07) is 1.52. The molecule has 0 saturated heterocycles. The van der Waals surface area contributed by atoms with E-state index in [2.05, 4.69) is 10.1 Å². The highest BCUT2D eigenvalue weighted by Gasteiger charge is 2.16. The van der Waals surface area contributed by atoms with Gasteiger partial charge in [0, 0.05) is 6.54 Å². The van der Waals surface area contributed by atoms with Crippen molar-refractivity contribution in [1.29, 1.82) is 0 Å². The molecule has 7 heteroatoms. The smallest absolute Gasteiger partial charge is 0.307 e. The van der Waals surface area contributed by atoms with Crippen molar-refractivity contribution in [2.45, 2.75) is 13.3 Å². The zero-order chi connectivity index (χ0) is 14.4. The van der Waals surface area contributed by atoms with Crippen molar-refractivity contribution in [3.8, 4) is 0 Å². The SMILES string of the molecule is CCOC(=O)CCNC(=O)c1cc(F)cc(N)c1F. The monoisotopic (exact) mass is 272 g/mol. The van der Waals surface area contributed by atoms with Gasteiger partial charge in [0.15, 0.2) is 5.82 Å². The number of hydrogen-bond acceptors (Lipinski definition) is 4. The van der Waals surface area contributed by atoms with Crippen LogP contribution in [0.25, 0.3) is 0 Å². The molecule has 0 spiro atoms. The van der Waals surface area contributed by atoms with Gasteiger partial charge in [-0.3, -0.25) is 9.59 Å². The van der Waals surface area contributed by atoms with Gasteiger partial charge in [0.2, 0.25) is 0 Å². The van der Waals surface area contributed by atoms with Crippen molar-refractivity contribution >= 4 is 17.6 Å². The van der Waals surface area contributed by atoms with Gasteiger partial charge in [0.05, 0.1) is 24.3 Å². The Morgan fingerprint density at radius 2 is 2.05 bits per heavy atom. The Morgan fingerprint density at radius 3 is 2.68 bits per heavy atom. The van der Waals surface area contributed by atoms with E-state index in [1.54, 1.807) is 6.92 Å². The molecule has 0 saturated carbocycles. The Labute approximate surface area is 108 Å². The van der Waals surface area contributed by atoms with Crippen LogP contribution in [0.3, 0.4) is 0 Å². The summed E-state index contributed by atoms with van der Waals surface area (Å²) in [5.41, 5.74) is 4.26. The van der Waals surface area contributed by atoms with Crippen LogP contribution in [0.4, 0.5) is 14.5 Å². The minimum Gasteiger partial charge on any atom is -0.466 e. The Balaban J connectivity index is 2.62.